The van der Waals surface area contributed by atoms with E-state index in [-0.39, 0.29) is 11.7 Å². The first-order chi connectivity index (χ1) is 8.00. The van der Waals surface area contributed by atoms with Crippen LogP contribution in [-0.2, 0) is 4.74 Å². The van der Waals surface area contributed by atoms with Crippen molar-refractivity contribution in [2.75, 3.05) is 13.2 Å². The summed E-state index contributed by atoms with van der Waals surface area (Å²) in [5, 5.41) is 8.84. The zero-order valence-electron chi connectivity index (χ0n) is 9.77. The average molecular weight is 303 g/mol. The van der Waals surface area contributed by atoms with E-state index >= 15 is 0 Å². The van der Waals surface area contributed by atoms with Gasteiger partial charge in [0.15, 0.2) is 0 Å². The summed E-state index contributed by atoms with van der Waals surface area (Å²) in [5.74, 6) is -0.346. The number of hydrogen-bond donors (Lipinski definition) is 1. The van der Waals surface area contributed by atoms with Gasteiger partial charge in [-0.15, -0.1) is 0 Å². The van der Waals surface area contributed by atoms with Crippen molar-refractivity contribution in [1.29, 1.82) is 0 Å². The van der Waals surface area contributed by atoms with E-state index < -0.39 is 5.97 Å². The van der Waals surface area contributed by atoms with Gasteiger partial charge in [-0.2, -0.15) is 0 Å². The van der Waals surface area contributed by atoms with Gasteiger partial charge in [0.25, 0.3) is 0 Å². The van der Waals surface area contributed by atoms with Crippen molar-refractivity contribution in [2.45, 2.75) is 20.0 Å². The van der Waals surface area contributed by atoms with Gasteiger partial charge >= 0.3 is 5.97 Å². The summed E-state index contributed by atoms with van der Waals surface area (Å²) in [7, 11) is 0. The molecule has 17 heavy (non-hydrogen) atoms. The van der Waals surface area contributed by atoms with Gasteiger partial charge in [-0.25, -0.2) is 4.79 Å². The van der Waals surface area contributed by atoms with E-state index in [1.807, 2.05) is 13.8 Å². The molecule has 0 fully saturated rings. The quantitative estimate of drug-likeness (QED) is 0.821. The Labute approximate surface area is 109 Å². The largest absolute Gasteiger partial charge is 0.491 e. The number of benzene rings is 1. The number of carboxylic acids is 1. The summed E-state index contributed by atoms with van der Waals surface area (Å²) in [6.07, 6.45) is 0.180. The van der Waals surface area contributed by atoms with E-state index in [4.69, 9.17) is 14.6 Å². The first kappa shape index (κ1) is 14.0. The molecule has 0 unspecified atom stereocenters. The lowest BCUT2D eigenvalue weighted by molar-refractivity contribution is 0.0552. The summed E-state index contributed by atoms with van der Waals surface area (Å²) < 4.78 is 11.3. The number of hydrogen-bond acceptors (Lipinski definition) is 3. The van der Waals surface area contributed by atoms with Crippen molar-refractivity contribution in [3.8, 4) is 5.75 Å². The minimum atomic E-state index is -0.966. The topological polar surface area (TPSA) is 55.8 Å². The maximum atomic E-state index is 10.8. The van der Waals surface area contributed by atoms with Gasteiger partial charge in [0.05, 0.1) is 18.3 Å². The highest BCUT2D eigenvalue weighted by molar-refractivity contribution is 9.10. The molecule has 5 heteroatoms. The molecule has 0 radical (unpaired) electrons. The third-order valence-electron chi connectivity index (χ3n) is 1.97. The second kappa shape index (κ2) is 6.61. The lowest BCUT2D eigenvalue weighted by Gasteiger charge is -2.10. The second-order valence-electron chi connectivity index (χ2n) is 3.71. The lowest BCUT2D eigenvalue weighted by atomic mass is 10.2. The molecule has 1 aromatic carbocycles. The van der Waals surface area contributed by atoms with Crippen molar-refractivity contribution >= 4 is 21.9 Å². The number of ether oxygens (including phenoxy) is 2. The van der Waals surface area contributed by atoms with Gasteiger partial charge in [0.2, 0.25) is 0 Å². The number of rotatable bonds is 6. The zero-order valence-corrected chi connectivity index (χ0v) is 11.4. The van der Waals surface area contributed by atoms with Crippen LogP contribution in [0.3, 0.4) is 0 Å². The first-order valence-electron chi connectivity index (χ1n) is 5.28. The normalized spacial score (nSPS) is 10.6. The Balaban J connectivity index is 2.50. The van der Waals surface area contributed by atoms with Crippen LogP contribution in [0.1, 0.15) is 24.2 Å². The molecular formula is C12H15BrO4. The fourth-order valence-electron chi connectivity index (χ4n) is 1.20. The van der Waals surface area contributed by atoms with Gasteiger partial charge in [0.1, 0.15) is 12.4 Å². The van der Waals surface area contributed by atoms with E-state index in [0.29, 0.717) is 23.4 Å². The molecule has 0 aliphatic rings. The highest BCUT2D eigenvalue weighted by Crippen LogP contribution is 2.23. The van der Waals surface area contributed by atoms with Crippen LogP contribution in [0, 0.1) is 0 Å². The van der Waals surface area contributed by atoms with E-state index in [2.05, 4.69) is 15.9 Å². The molecule has 0 aliphatic heterocycles. The summed E-state index contributed by atoms with van der Waals surface area (Å²) in [4.78, 5) is 10.8. The molecule has 0 saturated carbocycles. The fourth-order valence-corrected chi connectivity index (χ4v) is 1.73. The van der Waals surface area contributed by atoms with E-state index in [9.17, 15) is 4.79 Å². The summed E-state index contributed by atoms with van der Waals surface area (Å²) in [6, 6.07) is 4.77. The molecule has 0 aromatic heterocycles. The Bertz CT molecular complexity index is 390. The highest BCUT2D eigenvalue weighted by Gasteiger charge is 2.08. The summed E-state index contributed by atoms with van der Waals surface area (Å²) in [6.45, 7) is 4.86. The van der Waals surface area contributed by atoms with Crippen molar-refractivity contribution in [3.05, 3.63) is 28.2 Å². The maximum Gasteiger partial charge on any atom is 0.336 e. The number of aromatic carboxylic acids is 1. The Morgan fingerprint density at radius 1 is 1.41 bits per heavy atom. The van der Waals surface area contributed by atoms with Crippen molar-refractivity contribution in [3.63, 3.8) is 0 Å². The Kier molecular flexibility index (Phi) is 5.44. The van der Waals surface area contributed by atoms with Gasteiger partial charge < -0.3 is 14.6 Å². The van der Waals surface area contributed by atoms with Crippen LogP contribution in [-0.4, -0.2) is 30.4 Å². The van der Waals surface area contributed by atoms with E-state index in [1.54, 1.807) is 12.1 Å². The summed E-state index contributed by atoms with van der Waals surface area (Å²) in [5.41, 5.74) is 0.218. The molecule has 0 amide bonds. The Morgan fingerprint density at radius 3 is 2.65 bits per heavy atom. The minimum absolute atomic E-state index is 0.180. The van der Waals surface area contributed by atoms with Crippen molar-refractivity contribution in [2.24, 2.45) is 0 Å². The van der Waals surface area contributed by atoms with Gasteiger partial charge in [-0.1, -0.05) is 0 Å². The van der Waals surface area contributed by atoms with E-state index in [1.165, 1.54) is 6.07 Å². The third kappa shape index (κ3) is 4.75. The van der Waals surface area contributed by atoms with Crippen LogP contribution in [0.2, 0.25) is 0 Å². The number of carboxylic acid groups (broad SMARTS) is 1. The molecular weight excluding hydrogens is 288 g/mol. The molecule has 4 nitrogen and oxygen atoms in total. The SMILES string of the molecule is CC(C)OCCOc1ccc(C(=O)O)c(Br)c1. The molecule has 94 valence electrons. The number of halogens is 1. The molecule has 0 aliphatic carbocycles. The predicted molar refractivity (Wildman–Crippen MR) is 67.7 cm³/mol. The Hall–Kier alpha value is -1.07. The Morgan fingerprint density at radius 2 is 2.12 bits per heavy atom. The molecule has 0 atom stereocenters. The zero-order chi connectivity index (χ0) is 12.8. The van der Waals surface area contributed by atoms with Gasteiger partial charge in [-0.3, -0.25) is 0 Å². The standard InChI is InChI=1S/C12H15BrO4/c1-8(2)16-5-6-17-9-3-4-10(12(14)15)11(13)7-9/h3-4,7-8H,5-6H2,1-2H3,(H,14,15). The summed E-state index contributed by atoms with van der Waals surface area (Å²) >= 11 is 3.19. The minimum Gasteiger partial charge on any atom is -0.491 e. The first-order valence-corrected chi connectivity index (χ1v) is 6.07. The molecule has 0 heterocycles. The van der Waals surface area contributed by atoms with Crippen LogP contribution in [0.4, 0.5) is 0 Å². The highest BCUT2D eigenvalue weighted by atomic mass is 79.9. The fraction of sp³-hybridized carbons (Fsp3) is 0.417. The van der Waals surface area contributed by atoms with Crippen LogP contribution >= 0.6 is 15.9 Å². The molecule has 1 N–H and O–H groups in total. The van der Waals surface area contributed by atoms with E-state index in [0.717, 1.165) is 0 Å². The number of carbonyl (C=O) groups is 1. The van der Waals surface area contributed by atoms with Crippen LogP contribution in [0.5, 0.6) is 5.75 Å². The predicted octanol–water partition coefficient (Wildman–Crippen LogP) is 2.95. The molecule has 1 aromatic rings. The maximum absolute atomic E-state index is 10.8. The molecule has 0 saturated heterocycles. The van der Waals surface area contributed by atoms with Crippen molar-refractivity contribution < 1.29 is 19.4 Å². The van der Waals surface area contributed by atoms with Crippen LogP contribution in [0.15, 0.2) is 22.7 Å². The van der Waals surface area contributed by atoms with Gasteiger partial charge in [0, 0.05) is 4.47 Å². The molecule has 0 bridgehead atoms. The molecule has 1 rings (SSSR count). The average Bonchev–Trinajstić information content (AvgIpc) is 2.23. The van der Waals surface area contributed by atoms with Crippen LogP contribution in [0.25, 0.3) is 0 Å². The van der Waals surface area contributed by atoms with Gasteiger partial charge in [-0.05, 0) is 48.0 Å². The second-order valence-corrected chi connectivity index (χ2v) is 4.57. The lowest BCUT2D eigenvalue weighted by Crippen LogP contribution is -2.11. The molecule has 0 spiro atoms. The van der Waals surface area contributed by atoms with Crippen molar-refractivity contribution in [1.82, 2.24) is 0 Å². The smallest absolute Gasteiger partial charge is 0.336 e. The van der Waals surface area contributed by atoms with Crippen LogP contribution < -0.4 is 4.74 Å². The third-order valence-corrected chi connectivity index (χ3v) is 2.63. The monoisotopic (exact) mass is 302 g/mol.